The fourth-order valence-electron chi connectivity index (χ4n) is 3.09. The predicted molar refractivity (Wildman–Crippen MR) is 96.9 cm³/mol. The lowest BCUT2D eigenvalue weighted by Crippen LogP contribution is -2.46. The third kappa shape index (κ3) is 3.46. The zero-order chi connectivity index (χ0) is 17.1. The monoisotopic (exact) mass is 327 g/mol. The van der Waals surface area contributed by atoms with Crippen LogP contribution in [0, 0.1) is 13.8 Å². The summed E-state index contributed by atoms with van der Waals surface area (Å²) in [5.41, 5.74) is 3.95. The Hall–Kier alpha value is -2.27. The Morgan fingerprint density at radius 2 is 1.88 bits per heavy atom. The maximum atomic E-state index is 12.3. The first-order valence-corrected chi connectivity index (χ1v) is 8.52. The van der Waals surface area contributed by atoms with Crippen LogP contribution in [0.25, 0.3) is 0 Å². The first-order chi connectivity index (χ1) is 11.6. The molecule has 1 aliphatic heterocycles. The predicted octanol–water partition coefficient (Wildman–Crippen LogP) is 3.29. The van der Waals surface area contributed by atoms with Gasteiger partial charge in [-0.25, -0.2) is 0 Å². The summed E-state index contributed by atoms with van der Waals surface area (Å²) in [5.74, 6) is 0.166. The highest BCUT2D eigenvalue weighted by atomic mass is 16.3. The number of hydrogen-bond donors (Lipinski definition) is 1. The van der Waals surface area contributed by atoms with Gasteiger partial charge in [-0.2, -0.15) is 0 Å². The number of piperazine rings is 1. The van der Waals surface area contributed by atoms with Crippen molar-refractivity contribution in [2.75, 3.05) is 42.9 Å². The number of aryl methyl sites for hydroxylation is 2. The lowest BCUT2D eigenvalue weighted by molar-refractivity contribution is 0.0996. The lowest BCUT2D eigenvalue weighted by Gasteiger charge is -2.35. The highest BCUT2D eigenvalue weighted by Gasteiger charge is 2.17. The topological polar surface area (TPSA) is 48.7 Å². The van der Waals surface area contributed by atoms with Gasteiger partial charge in [0.1, 0.15) is 0 Å². The highest BCUT2D eigenvalue weighted by Crippen LogP contribution is 2.24. The van der Waals surface area contributed by atoms with Gasteiger partial charge in [-0.1, -0.05) is 6.92 Å². The molecular weight excluding hydrogens is 302 g/mol. The van der Waals surface area contributed by atoms with Crippen LogP contribution >= 0.6 is 0 Å². The van der Waals surface area contributed by atoms with E-state index in [1.807, 2.05) is 19.9 Å². The fraction of sp³-hybridized carbons (Fsp3) is 0.421. The Labute approximate surface area is 143 Å². The van der Waals surface area contributed by atoms with E-state index in [0.717, 1.165) is 49.5 Å². The van der Waals surface area contributed by atoms with Crippen LogP contribution in [0.1, 0.15) is 28.6 Å². The molecule has 0 spiro atoms. The van der Waals surface area contributed by atoms with Gasteiger partial charge in [0.2, 0.25) is 0 Å². The molecular formula is C19H25N3O2. The van der Waals surface area contributed by atoms with Gasteiger partial charge in [-0.05, 0) is 50.2 Å². The number of likely N-dealkylation sites (N-methyl/N-ethyl adjacent to an activating group) is 1. The Morgan fingerprint density at radius 1 is 1.12 bits per heavy atom. The molecule has 1 aromatic carbocycles. The van der Waals surface area contributed by atoms with Crippen LogP contribution in [0.5, 0.6) is 0 Å². The van der Waals surface area contributed by atoms with E-state index in [2.05, 4.69) is 34.2 Å². The van der Waals surface area contributed by atoms with Crippen molar-refractivity contribution in [2.24, 2.45) is 0 Å². The molecule has 5 nitrogen and oxygen atoms in total. The van der Waals surface area contributed by atoms with Gasteiger partial charge < -0.3 is 19.5 Å². The van der Waals surface area contributed by atoms with Gasteiger partial charge in [-0.15, -0.1) is 0 Å². The van der Waals surface area contributed by atoms with Crippen LogP contribution < -0.4 is 10.2 Å². The zero-order valence-corrected chi connectivity index (χ0v) is 14.6. The second kappa shape index (κ2) is 7.09. The molecule has 0 saturated carbocycles. The third-order valence-electron chi connectivity index (χ3n) is 4.71. The second-order valence-electron chi connectivity index (χ2n) is 6.31. The van der Waals surface area contributed by atoms with Crippen LogP contribution in [0.3, 0.4) is 0 Å². The van der Waals surface area contributed by atoms with Crippen molar-refractivity contribution in [1.29, 1.82) is 0 Å². The van der Waals surface area contributed by atoms with Gasteiger partial charge in [0, 0.05) is 43.1 Å². The average molecular weight is 327 g/mol. The van der Waals surface area contributed by atoms with Crippen LogP contribution in [-0.2, 0) is 0 Å². The number of furan rings is 1. The van der Waals surface area contributed by atoms with Crippen molar-refractivity contribution >= 4 is 17.3 Å². The van der Waals surface area contributed by atoms with Crippen LogP contribution in [0.15, 0.2) is 34.9 Å². The van der Waals surface area contributed by atoms with Gasteiger partial charge in [-0.3, -0.25) is 4.79 Å². The number of hydrogen-bond acceptors (Lipinski definition) is 4. The molecule has 2 aromatic rings. The lowest BCUT2D eigenvalue weighted by atomic mass is 10.1. The van der Waals surface area contributed by atoms with Gasteiger partial charge in [0.05, 0.1) is 6.26 Å². The first kappa shape index (κ1) is 16.6. The van der Waals surface area contributed by atoms with E-state index in [1.54, 1.807) is 6.07 Å². The molecule has 1 saturated heterocycles. The Morgan fingerprint density at radius 3 is 2.46 bits per heavy atom. The van der Waals surface area contributed by atoms with E-state index in [4.69, 9.17) is 4.42 Å². The van der Waals surface area contributed by atoms with Crippen molar-refractivity contribution in [3.05, 3.63) is 47.4 Å². The van der Waals surface area contributed by atoms with Gasteiger partial charge in [0.25, 0.3) is 5.91 Å². The SMILES string of the molecule is CCN1CCN(c2ccc(NC(=O)c3occc3C)c(C)c2)CC1. The normalized spacial score (nSPS) is 15.5. The number of nitrogens with one attached hydrogen (secondary N) is 1. The number of carbonyl (C=O) groups is 1. The molecule has 128 valence electrons. The van der Waals surface area contributed by atoms with Crippen LogP contribution in [-0.4, -0.2) is 43.5 Å². The third-order valence-corrected chi connectivity index (χ3v) is 4.71. The Bertz CT molecular complexity index is 715. The quantitative estimate of drug-likeness (QED) is 0.936. The largest absolute Gasteiger partial charge is 0.459 e. The zero-order valence-electron chi connectivity index (χ0n) is 14.6. The summed E-state index contributed by atoms with van der Waals surface area (Å²) in [7, 11) is 0. The highest BCUT2D eigenvalue weighted by molar-refractivity contribution is 6.03. The molecule has 3 rings (SSSR count). The molecule has 2 heterocycles. The first-order valence-electron chi connectivity index (χ1n) is 8.52. The Balaban J connectivity index is 1.69. The minimum atomic E-state index is -0.204. The molecule has 0 radical (unpaired) electrons. The van der Waals surface area contributed by atoms with Crippen molar-refractivity contribution < 1.29 is 9.21 Å². The molecule has 1 aromatic heterocycles. The van der Waals surface area contributed by atoms with E-state index < -0.39 is 0 Å². The molecule has 1 amide bonds. The van der Waals surface area contributed by atoms with E-state index in [-0.39, 0.29) is 5.91 Å². The number of carbonyl (C=O) groups excluding carboxylic acids is 1. The van der Waals surface area contributed by atoms with E-state index in [0.29, 0.717) is 5.76 Å². The number of nitrogens with zero attached hydrogens (tertiary/aromatic N) is 2. The van der Waals surface area contributed by atoms with Crippen molar-refractivity contribution in [2.45, 2.75) is 20.8 Å². The number of rotatable bonds is 4. The van der Waals surface area contributed by atoms with Crippen molar-refractivity contribution in [3.63, 3.8) is 0 Å². The van der Waals surface area contributed by atoms with E-state index in [9.17, 15) is 4.79 Å². The summed E-state index contributed by atoms with van der Waals surface area (Å²) >= 11 is 0. The minimum Gasteiger partial charge on any atom is -0.459 e. The van der Waals surface area contributed by atoms with Crippen molar-refractivity contribution in [3.8, 4) is 0 Å². The maximum Gasteiger partial charge on any atom is 0.291 e. The molecule has 0 aliphatic carbocycles. The molecule has 0 bridgehead atoms. The second-order valence-corrected chi connectivity index (χ2v) is 6.31. The minimum absolute atomic E-state index is 0.204. The number of anilines is 2. The summed E-state index contributed by atoms with van der Waals surface area (Å²) < 4.78 is 5.25. The average Bonchev–Trinajstić information content (AvgIpc) is 3.03. The molecule has 5 heteroatoms. The smallest absolute Gasteiger partial charge is 0.291 e. The van der Waals surface area contributed by atoms with E-state index in [1.165, 1.54) is 12.0 Å². The summed E-state index contributed by atoms with van der Waals surface area (Å²) in [6, 6.07) is 8.00. The summed E-state index contributed by atoms with van der Waals surface area (Å²) in [5, 5.41) is 2.94. The van der Waals surface area contributed by atoms with Crippen LogP contribution in [0.2, 0.25) is 0 Å². The Kier molecular flexibility index (Phi) is 4.90. The maximum absolute atomic E-state index is 12.3. The van der Waals surface area contributed by atoms with E-state index >= 15 is 0 Å². The molecule has 1 N–H and O–H groups in total. The number of amides is 1. The van der Waals surface area contributed by atoms with Gasteiger partial charge in [0.15, 0.2) is 5.76 Å². The fourth-order valence-corrected chi connectivity index (χ4v) is 3.09. The molecule has 0 atom stereocenters. The summed E-state index contributed by atoms with van der Waals surface area (Å²) in [6.45, 7) is 11.5. The standard InChI is InChI=1S/C19H25N3O2/c1-4-21-8-10-22(11-9-21)16-5-6-17(15(3)13-16)20-19(23)18-14(2)7-12-24-18/h5-7,12-13H,4,8-11H2,1-3H3,(H,20,23). The molecule has 24 heavy (non-hydrogen) atoms. The number of benzene rings is 1. The molecule has 1 fully saturated rings. The summed E-state index contributed by atoms with van der Waals surface area (Å²) in [4.78, 5) is 17.1. The molecule has 1 aliphatic rings. The molecule has 0 unspecified atom stereocenters. The van der Waals surface area contributed by atoms with Crippen molar-refractivity contribution in [1.82, 2.24) is 4.90 Å². The van der Waals surface area contributed by atoms with Crippen LogP contribution in [0.4, 0.5) is 11.4 Å². The summed E-state index contributed by atoms with van der Waals surface area (Å²) in [6.07, 6.45) is 1.54. The van der Waals surface area contributed by atoms with Gasteiger partial charge >= 0.3 is 0 Å².